The van der Waals surface area contributed by atoms with Gasteiger partial charge in [0.1, 0.15) is 0 Å². The lowest BCUT2D eigenvalue weighted by Gasteiger charge is -2.19. The van der Waals surface area contributed by atoms with Gasteiger partial charge in [-0.25, -0.2) is 0 Å². The quantitative estimate of drug-likeness (QED) is 0.726. The summed E-state index contributed by atoms with van der Waals surface area (Å²) >= 11 is 8.41. The topological polar surface area (TPSA) is 12.0 Å². The minimum absolute atomic E-state index is 0.309. The standard InChI is InChI=1S/C16H17ClIN/c1-2-19-16(13-4-3-5-14(17)11-13)10-12-6-8-15(18)9-7-12/h3-9,11,16,19H,2,10H2,1H3. The van der Waals surface area contributed by atoms with Crippen LogP contribution in [0.15, 0.2) is 48.5 Å². The predicted octanol–water partition coefficient (Wildman–Crippen LogP) is 4.84. The molecule has 0 amide bonds. The average Bonchev–Trinajstić information content (AvgIpc) is 2.41. The molecule has 0 heterocycles. The van der Waals surface area contributed by atoms with Crippen LogP contribution < -0.4 is 5.32 Å². The van der Waals surface area contributed by atoms with Crippen molar-refractivity contribution >= 4 is 34.2 Å². The van der Waals surface area contributed by atoms with Crippen LogP contribution >= 0.6 is 34.2 Å². The van der Waals surface area contributed by atoms with Gasteiger partial charge in [0.2, 0.25) is 0 Å². The van der Waals surface area contributed by atoms with Gasteiger partial charge in [-0.05, 0) is 70.9 Å². The molecule has 0 fully saturated rings. The molecule has 0 saturated carbocycles. The molecule has 2 aromatic carbocycles. The number of hydrogen-bond acceptors (Lipinski definition) is 1. The van der Waals surface area contributed by atoms with Crippen molar-refractivity contribution in [3.63, 3.8) is 0 Å². The van der Waals surface area contributed by atoms with Crippen LogP contribution in [-0.4, -0.2) is 6.54 Å². The van der Waals surface area contributed by atoms with Crippen LogP contribution in [0.2, 0.25) is 5.02 Å². The van der Waals surface area contributed by atoms with E-state index in [0.717, 1.165) is 18.0 Å². The van der Waals surface area contributed by atoms with Crippen LogP contribution in [0, 0.1) is 3.57 Å². The van der Waals surface area contributed by atoms with Crippen LogP contribution in [0.3, 0.4) is 0 Å². The van der Waals surface area contributed by atoms with E-state index < -0.39 is 0 Å². The summed E-state index contributed by atoms with van der Waals surface area (Å²) in [6, 6.07) is 17.1. The highest BCUT2D eigenvalue weighted by molar-refractivity contribution is 14.1. The Morgan fingerprint density at radius 2 is 1.89 bits per heavy atom. The van der Waals surface area contributed by atoms with Crippen molar-refractivity contribution in [3.8, 4) is 0 Å². The fraction of sp³-hybridized carbons (Fsp3) is 0.250. The van der Waals surface area contributed by atoms with E-state index in [0.29, 0.717) is 6.04 Å². The number of likely N-dealkylation sites (N-methyl/N-ethyl adjacent to an activating group) is 1. The van der Waals surface area contributed by atoms with Crippen LogP contribution in [0.25, 0.3) is 0 Å². The third-order valence-electron chi connectivity index (χ3n) is 3.05. The Kier molecular flexibility index (Phi) is 5.67. The van der Waals surface area contributed by atoms with Gasteiger partial charge in [0, 0.05) is 14.6 Å². The zero-order chi connectivity index (χ0) is 13.7. The van der Waals surface area contributed by atoms with Crippen molar-refractivity contribution in [3.05, 3.63) is 68.3 Å². The van der Waals surface area contributed by atoms with E-state index in [1.165, 1.54) is 14.7 Å². The van der Waals surface area contributed by atoms with E-state index in [9.17, 15) is 0 Å². The highest BCUT2D eigenvalue weighted by Crippen LogP contribution is 2.22. The summed E-state index contributed by atoms with van der Waals surface area (Å²) in [5, 5.41) is 4.32. The number of halogens is 2. The van der Waals surface area contributed by atoms with Gasteiger partial charge < -0.3 is 5.32 Å². The van der Waals surface area contributed by atoms with Gasteiger partial charge in [0.05, 0.1) is 0 Å². The molecule has 1 N–H and O–H groups in total. The Morgan fingerprint density at radius 3 is 2.53 bits per heavy atom. The van der Waals surface area contributed by atoms with Gasteiger partial charge in [-0.3, -0.25) is 0 Å². The lowest BCUT2D eigenvalue weighted by Crippen LogP contribution is -2.22. The van der Waals surface area contributed by atoms with Crippen LogP contribution in [0.4, 0.5) is 0 Å². The van der Waals surface area contributed by atoms with Crippen molar-refractivity contribution in [1.29, 1.82) is 0 Å². The molecule has 0 bridgehead atoms. The molecule has 0 aliphatic carbocycles. The molecule has 19 heavy (non-hydrogen) atoms. The number of hydrogen-bond donors (Lipinski definition) is 1. The van der Waals surface area contributed by atoms with Crippen molar-refractivity contribution < 1.29 is 0 Å². The fourth-order valence-electron chi connectivity index (χ4n) is 2.13. The Bertz CT molecular complexity index is 525. The zero-order valence-electron chi connectivity index (χ0n) is 10.9. The third kappa shape index (κ3) is 4.48. The maximum absolute atomic E-state index is 6.08. The van der Waals surface area contributed by atoms with Gasteiger partial charge >= 0.3 is 0 Å². The Labute approximate surface area is 133 Å². The largest absolute Gasteiger partial charge is 0.310 e. The molecular weight excluding hydrogens is 369 g/mol. The molecule has 100 valence electrons. The highest BCUT2D eigenvalue weighted by atomic mass is 127. The monoisotopic (exact) mass is 385 g/mol. The van der Waals surface area contributed by atoms with E-state index in [4.69, 9.17) is 11.6 Å². The summed E-state index contributed by atoms with van der Waals surface area (Å²) in [6.45, 7) is 3.08. The van der Waals surface area contributed by atoms with E-state index in [1.54, 1.807) is 0 Å². The molecule has 1 unspecified atom stereocenters. The minimum atomic E-state index is 0.309. The molecule has 0 radical (unpaired) electrons. The van der Waals surface area contributed by atoms with Gasteiger partial charge in [-0.2, -0.15) is 0 Å². The second-order valence-corrected chi connectivity index (χ2v) is 6.18. The van der Waals surface area contributed by atoms with E-state index in [2.05, 4.69) is 65.2 Å². The molecular formula is C16H17ClIN. The number of rotatable bonds is 5. The SMILES string of the molecule is CCNC(Cc1ccc(I)cc1)c1cccc(Cl)c1. The molecule has 3 heteroatoms. The number of nitrogens with one attached hydrogen (secondary N) is 1. The molecule has 0 aliphatic rings. The van der Waals surface area contributed by atoms with Crippen molar-refractivity contribution in [2.24, 2.45) is 0 Å². The van der Waals surface area contributed by atoms with E-state index in [-0.39, 0.29) is 0 Å². The van der Waals surface area contributed by atoms with E-state index >= 15 is 0 Å². The van der Waals surface area contributed by atoms with Crippen molar-refractivity contribution in [2.45, 2.75) is 19.4 Å². The maximum Gasteiger partial charge on any atom is 0.0409 e. The molecule has 0 spiro atoms. The summed E-state index contributed by atoms with van der Waals surface area (Å²) in [6.07, 6.45) is 0.977. The molecule has 0 aliphatic heterocycles. The predicted molar refractivity (Wildman–Crippen MR) is 90.7 cm³/mol. The second kappa shape index (κ2) is 7.27. The normalized spacial score (nSPS) is 12.4. The third-order valence-corrected chi connectivity index (χ3v) is 4.01. The first-order chi connectivity index (χ1) is 9.19. The smallest absolute Gasteiger partial charge is 0.0409 e. The van der Waals surface area contributed by atoms with Crippen molar-refractivity contribution in [1.82, 2.24) is 5.32 Å². The maximum atomic E-state index is 6.08. The summed E-state index contributed by atoms with van der Waals surface area (Å²) in [7, 11) is 0. The summed E-state index contributed by atoms with van der Waals surface area (Å²) in [5.74, 6) is 0. The summed E-state index contributed by atoms with van der Waals surface area (Å²) in [5.41, 5.74) is 2.58. The fourth-order valence-corrected chi connectivity index (χ4v) is 2.69. The second-order valence-electron chi connectivity index (χ2n) is 4.50. The van der Waals surface area contributed by atoms with Crippen molar-refractivity contribution in [2.75, 3.05) is 6.54 Å². The lowest BCUT2D eigenvalue weighted by molar-refractivity contribution is 0.550. The molecule has 2 rings (SSSR count). The van der Waals surface area contributed by atoms with Gasteiger partial charge in [-0.1, -0.05) is 42.8 Å². The first-order valence-corrected chi connectivity index (χ1v) is 7.88. The Morgan fingerprint density at radius 1 is 1.16 bits per heavy atom. The summed E-state index contributed by atoms with van der Waals surface area (Å²) in [4.78, 5) is 0. The Hall–Kier alpha value is -0.580. The molecule has 2 aromatic rings. The Balaban J connectivity index is 2.18. The van der Waals surface area contributed by atoms with Crippen LogP contribution in [0.1, 0.15) is 24.1 Å². The first kappa shape index (κ1) is 14.8. The average molecular weight is 386 g/mol. The summed E-state index contributed by atoms with van der Waals surface area (Å²) < 4.78 is 1.27. The van der Waals surface area contributed by atoms with Gasteiger partial charge in [0.25, 0.3) is 0 Å². The van der Waals surface area contributed by atoms with Gasteiger partial charge in [-0.15, -0.1) is 0 Å². The van der Waals surface area contributed by atoms with Gasteiger partial charge in [0.15, 0.2) is 0 Å². The van der Waals surface area contributed by atoms with Crippen LogP contribution in [0.5, 0.6) is 0 Å². The zero-order valence-corrected chi connectivity index (χ0v) is 13.8. The molecule has 1 nitrogen and oxygen atoms in total. The van der Waals surface area contributed by atoms with Crippen LogP contribution in [-0.2, 0) is 6.42 Å². The number of benzene rings is 2. The highest BCUT2D eigenvalue weighted by Gasteiger charge is 2.11. The minimum Gasteiger partial charge on any atom is -0.310 e. The first-order valence-electron chi connectivity index (χ1n) is 6.42. The molecule has 1 atom stereocenters. The lowest BCUT2D eigenvalue weighted by atomic mass is 9.99. The molecule has 0 saturated heterocycles. The van der Waals surface area contributed by atoms with E-state index in [1.807, 2.05) is 18.2 Å². The molecule has 0 aromatic heterocycles.